The number of hydrogen-bond acceptors (Lipinski definition) is 5. The minimum atomic E-state index is 0.297. The van der Waals surface area contributed by atoms with Crippen molar-refractivity contribution in [1.29, 1.82) is 0 Å². The Balaban J connectivity index is 1.49. The van der Waals surface area contributed by atoms with Crippen molar-refractivity contribution in [2.24, 2.45) is 0 Å². The number of anilines is 1. The quantitative estimate of drug-likeness (QED) is 0.371. The van der Waals surface area contributed by atoms with Gasteiger partial charge < -0.3 is 14.2 Å². The zero-order valence-electron chi connectivity index (χ0n) is 19.0. The Morgan fingerprint density at radius 3 is 2.62 bits per heavy atom. The molecule has 0 N–H and O–H groups in total. The van der Waals surface area contributed by atoms with Gasteiger partial charge in [-0.25, -0.2) is 4.98 Å². The van der Waals surface area contributed by atoms with Crippen LogP contribution in [0.15, 0.2) is 55.0 Å². The molecule has 0 saturated heterocycles. The molecule has 6 heteroatoms. The highest BCUT2D eigenvalue weighted by molar-refractivity contribution is 7.10. The maximum atomic E-state index is 5.74. The van der Waals surface area contributed by atoms with E-state index in [2.05, 4.69) is 66.2 Å². The van der Waals surface area contributed by atoms with Crippen molar-refractivity contribution >= 4 is 17.4 Å². The van der Waals surface area contributed by atoms with Crippen LogP contribution in [-0.4, -0.2) is 27.6 Å². The molecule has 5 nitrogen and oxygen atoms in total. The number of ether oxygens (including phenoxy) is 1. The number of nitrogens with zero attached hydrogens (tertiary/aromatic N) is 4. The maximum absolute atomic E-state index is 5.74. The van der Waals surface area contributed by atoms with Gasteiger partial charge in [0.05, 0.1) is 35.7 Å². The van der Waals surface area contributed by atoms with Gasteiger partial charge in [0.2, 0.25) is 0 Å². The van der Waals surface area contributed by atoms with Crippen molar-refractivity contribution in [2.45, 2.75) is 39.7 Å². The van der Waals surface area contributed by atoms with Crippen molar-refractivity contribution < 1.29 is 4.74 Å². The number of aromatic nitrogens is 3. The van der Waals surface area contributed by atoms with Gasteiger partial charge in [0, 0.05) is 18.3 Å². The molecule has 0 bridgehead atoms. The lowest BCUT2D eigenvalue weighted by molar-refractivity contribution is 0.413. The molecule has 2 aromatic heterocycles. The van der Waals surface area contributed by atoms with Gasteiger partial charge >= 0.3 is 0 Å². The third-order valence-corrected chi connectivity index (χ3v) is 7.25. The second-order valence-corrected chi connectivity index (χ2v) is 9.28. The number of fused-ring (bicyclic) bond motifs is 1. The molecular weight excluding hydrogens is 416 g/mol. The molecule has 164 valence electrons. The van der Waals surface area contributed by atoms with E-state index >= 15 is 0 Å². The van der Waals surface area contributed by atoms with Crippen LogP contribution in [0.25, 0.3) is 16.1 Å². The molecule has 0 saturated carbocycles. The lowest BCUT2D eigenvalue weighted by Gasteiger charge is -2.34. The van der Waals surface area contributed by atoms with Gasteiger partial charge in [-0.1, -0.05) is 35.9 Å². The topological polar surface area (TPSA) is 43.2 Å². The van der Waals surface area contributed by atoms with Crippen LogP contribution in [0.3, 0.4) is 0 Å². The normalized spacial score (nSPS) is 14.3. The fourth-order valence-electron chi connectivity index (χ4n) is 4.50. The predicted molar refractivity (Wildman–Crippen MR) is 131 cm³/mol. The Morgan fingerprint density at radius 2 is 1.91 bits per heavy atom. The van der Waals surface area contributed by atoms with E-state index in [9.17, 15) is 0 Å². The van der Waals surface area contributed by atoms with E-state index in [1.807, 2.05) is 24.0 Å². The van der Waals surface area contributed by atoms with Gasteiger partial charge in [0.1, 0.15) is 11.6 Å². The van der Waals surface area contributed by atoms with Crippen LogP contribution in [0.4, 0.5) is 5.82 Å². The third-order valence-electron chi connectivity index (χ3n) is 6.32. The monoisotopic (exact) mass is 444 g/mol. The van der Waals surface area contributed by atoms with E-state index in [1.54, 1.807) is 18.6 Å². The summed E-state index contributed by atoms with van der Waals surface area (Å²) in [6.45, 7) is 7.44. The Morgan fingerprint density at radius 1 is 1.09 bits per heavy atom. The highest BCUT2D eigenvalue weighted by Gasteiger charge is 2.28. The van der Waals surface area contributed by atoms with Gasteiger partial charge in [-0.05, 0) is 68.4 Å². The smallest absolute Gasteiger partial charge is 0.146 e. The minimum absolute atomic E-state index is 0.297. The Hall–Kier alpha value is -3.12. The largest absolute Gasteiger partial charge is 0.495 e. The summed E-state index contributed by atoms with van der Waals surface area (Å²) in [5.41, 5.74) is 7.11. The molecule has 0 fully saturated rings. The van der Waals surface area contributed by atoms with E-state index in [4.69, 9.17) is 9.11 Å². The average molecular weight is 445 g/mol. The van der Waals surface area contributed by atoms with Crippen molar-refractivity contribution in [1.82, 2.24) is 13.9 Å². The van der Waals surface area contributed by atoms with E-state index < -0.39 is 0 Å². The summed E-state index contributed by atoms with van der Waals surface area (Å²) >= 11 is 1.60. The summed E-state index contributed by atoms with van der Waals surface area (Å²) in [5, 5.41) is 0. The summed E-state index contributed by atoms with van der Waals surface area (Å²) in [5.74, 6) is 1.97. The molecule has 2 aromatic carbocycles. The molecule has 0 amide bonds. The molecule has 3 heterocycles. The molecule has 1 aliphatic rings. The van der Waals surface area contributed by atoms with E-state index in [0.717, 1.165) is 47.9 Å². The standard InChI is InChI=1S/C26H28N4OS/c1-17-7-9-20(10-8-17)19(3)30-13-5-6-22-25(32-28-26(22)30)21-11-12-23(24(14-21)31-4)29-15-18(2)27-16-29/h7-12,14-16,19H,5-6,13H2,1-4H3. The number of imidazole rings is 1. The highest BCUT2D eigenvalue weighted by atomic mass is 32.1. The zero-order chi connectivity index (χ0) is 22.2. The van der Waals surface area contributed by atoms with Crippen LogP contribution in [0.2, 0.25) is 0 Å². The molecular formula is C26H28N4OS. The van der Waals surface area contributed by atoms with Gasteiger partial charge in [0.15, 0.2) is 0 Å². The lowest BCUT2D eigenvalue weighted by atomic mass is 9.98. The van der Waals surface area contributed by atoms with Crippen LogP contribution in [0, 0.1) is 13.8 Å². The van der Waals surface area contributed by atoms with Crippen LogP contribution in [0.1, 0.15) is 41.8 Å². The summed E-state index contributed by atoms with van der Waals surface area (Å²) in [7, 11) is 1.72. The number of rotatable bonds is 5. The second-order valence-electron chi connectivity index (χ2n) is 8.51. The Kier molecular flexibility index (Phi) is 5.47. The summed E-state index contributed by atoms with van der Waals surface area (Å²) < 4.78 is 12.7. The SMILES string of the molecule is COc1cc(-c2snc3c2CCCN3C(C)c2ccc(C)cc2)ccc1-n1cnc(C)c1. The van der Waals surface area contributed by atoms with Gasteiger partial charge in [-0.15, -0.1) is 0 Å². The van der Waals surface area contributed by atoms with Crippen LogP contribution < -0.4 is 9.64 Å². The summed E-state index contributed by atoms with van der Waals surface area (Å²) in [4.78, 5) is 8.05. The van der Waals surface area contributed by atoms with Gasteiger partial charge in [0.25, 0.3) is 0 Å². The van der Waals surface area contributed by atoms with Crippen LogP contribution >= 0.6 is 11.5 Å². The number of aryl methyl sites for hydroxylation is 2. The number of benzene rings is 2. The van der Waals surface area contributed by atoms with E-state index in [1.165, 1.54) is 21.6 Å². The minimum Gasteiger partial charge on any atom is -0.495 e. The van der Waals surface area contributed by atoms with Gasteiger partial charge in [-0.2, -0.15) is 4.37 Å². The van der Waals surface area contributed by atoms with Crippen LogP contribution in [0.5, 0.6) is 5.75 Å². The first kappa shape index (κ1) is 20.8. The van der Waals surface area contributed by atoms with E-state index in [0.29, 0.717) is 6.04 Å². The van der Waals surface area contributed by atoms with Crippen molar-refractivity contribution in [2.75, 3.05) is 18.6 Å². The Bertz CT molecular complexity index is 1240. The molecule has 1 atom stereocenters. The zero-order valence-corrected chi connectivity index (χ0v) is 19.8. The molecule has 0 aliphatic carbocycles. The molecule has 1 unspecified atom stereocenters. The van der Waals surface area contributed by atoms with Crippen LogP contribution in [-0.2, 0) is 6.42 Å². The molecule has 32 heavy (non-hydrogen) atoms. The number of methoxy groups -OCH3 is 1. The molecule has 5 rings (SSSR count). The van der Waals surface area contributed by atoms with Crippen molar-refractivity contribution in [3.8, 4) is 21.9 Å². The summed E-state index contributed by atoms with van der Waals surface area (Å²) in [6.07, 6.45) is 6.03. The van der Waals surface area contributed by atoms with Crippen molar-refractivity contribution in [3.63, 3.8) is 0 Å². The van der Waals surface area contributed by atoms with Gasteiger partial charge in [-0.3, -0.25) is 0 Å². The predicted octanol–water partition coefficient (Wildman–Crippen LogP) is 6.14. The Labute approximate surface area is 193 Å². The lowest BCUT2D eigenvalue weighted by Crippen LogP contribution is -2.32. The highest BCUT2D eigenvalue weighted by Crippen LogP contribution is 2.42. The number of hydrogen-bond donors (Lipinski definition) is 0. The first-order valence-corrected chi connectivity index (χ1v) is 11.8. The average Bonchev–Trinajstić information content (AvgIpc) is 3.45. The first-order chi connectivity index (χ1) is 15.5. The van der Waals surface area contributed by atoms with E-state index in [-0.39, 0.29) is 0 Å². The van der Waals surface area contributed by atoms with Crippen molar-refractivity contribution in [3.05, 3.63) is 77.4 Å². The molecule has 1 aliphatic heterocycles. The maximum Gasteiger partial charge on any atom is 0.146 e. The summed E-state index contributed by atoms with van der Waals surface area (Å²) in [6, 6.07) is 15.6. The molecule has 0 radical (unpaired) electrons. The fourth-order valence-corrected chi connectivity index (χ4v) is 5.43. The molecule has 0 spiro atoms. The molecule has 4 aromatic rings. The fraction of sp³-hybridized carbons (Fsp3) is 0.308. The first-order valence-electron chi connectivity index (χ1n) is 11.1. The second kappa shape index (κ2) is 8.43. The third kappa shape index (κ3) is 3.69.